The molecule has 2 amide bonds. The van der Waals surface area contributed by atoms with Gasteiger partial charge >= 0.3 is 0 Å². The number of benzene rings is 2. The molecule has 1 aliphatic rings. The van der Waals surface area contributed by atoms with Crippen LogP contribution in [0.15, 0.2) is 48.5 Å². The van der Waals surface area contributed by atoms with Crippen LogP contribution in [0.4, 0.5) is 11.4 Å². The molecule has 0 atom stereocenters. The second-order valence-corrected chi connectivity index (χ2v) is 7.71. The number of nitrogens with zero attached hydrogens (tertiary/aromatic N) is 1. The fraction of sp³-hybridized carbons (Fsp3) is 0.417. The van der Waals surface area contributed by atoms with Gasteiger partial charge in [0.2, 0.25) is 5.91 Å². The van der Waals surface area contributed by atoms with Gasteiger partial charge in [0.1, 0.15) is 5.75 Å². The summed E-state index contributed by atoms with van der Waals surface area (Å²) in [4.78, 5) is 26.4. The van der Waals surface area contributed by atoms with Gasteiger partial charge in [-0.3, -0.25) is 9.59 Å². The molecule has 3 rings (SSSR count). The number of anilines is 2. The number of hydrogen-bond acceptors (Lipinski definition) is 4. The molecular formula is C24H31N3O3. The molecule has 6 heteroatoms. The third-order valence-electron chi connectivity index (χ3n) is 5.52. The summed E-state index contributed by atoms with van der Waals surface area (Å²) in [5.41, 5.74) is 7.75. The summed E-state index contributed by atoms with van der Waals surface area (Å²) in [6.07, 6.45) is 4.81. The van der Waals surface area contributed by atoms with Gasteiger partial charge in [-0.2, -0.15) is 0 Å². The van der Waals surface area contributed by atoms with Crippen molar-refractivity contribution in [2.45, 2.75) is 39.0 Å². The summed E-state index contributed by atoms with van der Waals surface area (Å²) < 4.78 is 5.71. The van der Waals surface area contributed by atoms with Crippen molar-refractivity contribution in [3.8, 4) is 5.75 Å². The zero-order chi connectivity index (χ0) is 21.3. The van der Waals surface area contributed by atoms with Crippen LogP contribution < -0.4 is 20.7 Å². The molecule has 160 valence electrons. The molecule has 0 aromatic heterocycles. The summed E-state index contributed by atoms with van der Waals surface area (Å²) in [6, 6.07) is 15.0. The van der Waals surface area contributed by atoms with E-state index in [2.05, 4.69) is 17.1 Å². The van der Waals surface area contributed by atoms with Crippen LogP contribution >= 0.6 is 0 Å². The van der Waals surface area contributed by atoms with Gasteiger partial charge in [0.25, 0.3) is 5.91 Å². The van der Waals surface area contributed by atoms with Gasteiger partial charge in [-0.1, -0.05) is 31.9 Å². The summed E-state index contributed by atoms with van der Waals surface area (Å²) in [5.74, 6) is 0.326. The summed E-state index contributed by atoms with van der Waals surface area (Å²) >= 11 is 0. The molecule has 3 N–H and O–H groups in total. The maximum atomic E-state index is 12.8. The highest BCUT2D eigenvalue weighted by atomic mass is 16.5. The SMILES string of the molecule is CCCCCOc1ccc(C(=O)Nc2ccccc2N2CCC(C(N)=O)CC2)cc1. The van der Waals surface area contributed by atoms with E-state index < -0.39 is 0 Å². The zero-order valence-corrected chi connectivity index (χ0v) is 17.6. The molecule has 1 fully saturated rings. The van der Waals surface area contributed by atoms with Crippen LogP contribution in [0.1, 0.15) is 49.4 Å². The van der Waals surface area contributed by atoms with Gasteiger partial charge in [0.05, 0.1) is 18.0 Å². The molecule has 6 nitrogen and oxygen atoms in total. The van der Waals surface area contributed by atoms with Crippen LogP contribution in [0.2, 0.25) is 0 Å². The lowest BCUT2D eigenvalue weighted by Gasteiger charge is -2.33. The number of carbonyl (C=O) groups is 2. The molecule has 0 radical (unpaired) electrons. The van der Waals surface area contributed by atoms with E-state index in [4.69, 9.17) is 10.5 Å². The number of ether oxygens (including phenoxy) is 1. The fourth-order valence-corrected chi connectivity index (χ4v) is 3.70. The molecule has 1 heterocycles. The molecule has 2 aromatic carbocycles. The van der Waals surface area contributed by atoms with Gasteiger partial charge in [-0.05, 0) is 55.7 Å². The highest BCUT2D eigenvalue weighted by Crippen LogP contribution is 2.30. The van der Waals surface area contributed by atoms with Crippen molar-refractivity contribution in [2.75, 3.05) is 29.9 Å². The quantitative estimate of drug-likeness (QED) is 0.608. The Labute approximate surface area is 178 Å². The van der Waals surface area contributed by atoms with E-state index in [0.29, 0.717) is 12.2 Å². The number of rotatable bonds is 9. The Morgan fingerprint density at radius 2 is 1.77 bits per heavy atom. The van der Waals surface area contributed by atoms with E-state index in [0.717, 1.165) is 62.3 Å². The first kappa shape index (κ1) is 21.7. The predicted octanol–water partition coefficient (Wildman–Crippen LogP) is 4.21. The van der Waals surface area contributed by atoms with Gasteiger partial charge < -0.3 is 20.7 Å². The number of para-hydroxylation sites is 2. The topological polar surface area (TPSA) is 84.7 Å². The highest BCUT2D eigenvalue weighted by Gasteiger charge is 2.24. The van der Waals surface area contributed by atoms with E-state index in [1.807, 2.05) is 36.4 Å². The Bertz CT molecular complexity index is 843. The summed E-state index contributed by atoms with van der Waals surface area (Å²) in [7, 11) is 0. The average Bonchev–Trinajstić information content (AvgIpc) is 2.77. The highest BCUT2D eigenvalue weighted by molar-refractivity contribution is 6.06. The Balaban J connectivity index is 1.61. The van der Waals surface area contributed by atoms with Gasteiger partial charge in [-0.15, -0.1) is 0 Å². The van der Waals surface area contributed by atoms with E-state index in [1.54, 1.807) is 12.1 Å². The van der Waals surface area contributed by atoms with Crippen LogP contribution in [0.3, 0.4) is 0 Å². The number of piperidine rings is 1. The van der Waals surface area contributed by atoms with Crippen molar-refractivity contribution in [1.29, 1.82) is 0 Å². The number of hydrogen-bond donors (Lipinski definition) is 2. The number of carbonyl (C=O) groups excluding carboxylic acids is 2. The molecule has 0 bridgehead atoms. The minimum atomic E-state index is -0.228. The average molecular weight is 410 g/mol. The van der Waals surface area contributed by atoms with E-state index in [-0.39, 0.29) is 17.7 Å². The molecule has 0 saturated carbocycles. The van der Waals surface area contributed by atoms with Crippen molar-refractivity contribution >= 4 is 23.2 Å². The number of primary amides is 1. The smallest absolute Gasteiger partial charge is 0.255 e. The first-order valence-corrected chi connectivity index (χ1v) is 10.8. The maximum absolute atomic E-state index is 12.8. The zero-order valence-electron chi connectivity index (χ0n) is 17.6. The number of nitrogens with one attached hydrogen (secondary N) is 1. The first-order chi connectivity index (χ1) is 14.6. The number of unbranched alkanes of at least 4 members (excludes halogenated alkanes) is 2. The third-order valence-corrected chi connectivity index (χ3v) is 5.52. The Morgan fingerprint density at radius 1 is 1.07 bits per heavy atom. The normalized spacial score (nSPS) is 14.4. The van der Waals surface area contributed by atoms with Crippen molar-refractivity contribution in [2.24, 2.45) is 11.7 Å². The molecule has 30 heavy (non-hydrogen) atoms. The van der Waals surface area contributed by atoms with Crippen LogP contribution in [0, 0.1) is 5.92 Å². The molecule has 1 aliphatic heterocycles. The fourth-order valence-electron chi connectivity index (χ4n) is 3.70. The second-order valence-electron chi connectivity index (χ2n) is 7.71. The number of amides is 2. The van der Waals surface area contributed by atoms with E-state index >= 15 is 0 Å². The van der Waals surface area contributed by atoms with Crippen molar-refractivity contribution in [3.05, 3.63) is 54.1 Å². The predicted molar refractivity (Wildman–Crippen MR) is 120 cm³/mol. The van der Waals surface area contributed by atoms with E-state index in [9.17, 15) is 9.59 Å². The van der Waals surface area contributed by atoms with Gasteiger partial charge in [0, 0.05) is 24.6 Å². The van der Waals surface area contributed by atoms with Gasteiger partial charge in [0.15, 0.2) is 0 Å². The monoisotopic (exact) mass is 409 g/mol. The minimum absolute atomic E-state index is 0.0642. The Morgan fingerprint density at radius 3 is 2.43 bits per heavy atom. The van der Waals surface area contributed by atoms with Gasteiger partial charge in [-0.25, -0.2) is 0 Å². The lowest BCUT2D eigenvalue weighted by atomic mass is 9.96. The summed E-state index contributed by atoms with van der Waals surface area (Å²) in [5, 5.41) is 3.02. The Kier molecular flexibility index (Phi) is 7.71. The standard InChI is InChI=1S/C24H31N3O3/c1-2-3-6-17-30-20-11-9-19(10-12-20)24(29)26-21-7-4-5-8-22(21)27-15-13-18(14-16-27)23(25)28/h4-5,7-12,18H,2-3,6,13-17H2,1H3,(H2,25,28)(H,26,29). The number of nitrogens with two attached hydrogens (primary N) is 1. The van der Waals surface area contributed by atoms with Crippen LogP contribution in [0.25, 0.3) is 0 Å². The second kappa shape index (κ2) is 10.7. The van der Waals surface area contributed by atoms with Crippen LogP contribution in [-0.4, -0.2) is 31.5 Å². The van der Waals surface area contributed by atoms with E-state index in [1.165, 1.54) is 0 Å². The van der Waals surface area contributed by atoms with Crippen molar-refractivity contribution in [3.63, 3.8) is 0 Å². The molecule has 0 spiro atoms. The van der Waals surface area contributed by atoms with Crippen LogP contribution in [-0.2, 0) is 4.79 Å². The molecular weight excluding hydrogens is 378 g/mol. The molecule has 0 unspecified atom stereocenters. The summed E-state index contributed by atoms with van der Waals surface area (Å²) in [6.45, 7) is 4.34. The van der Waals surface area contributed by atoms with Crippen LogP contribution in [0.5, 0.6) is 5.75 Å². The molecule has 0 aliphatic carbocycles. The maximum Gasteiger partial charge on any atom is 0.255 e. The van der Waals surface area contributed by atoms with Crippen molar-refractivity contribution < 1.29 is 14.3 Å². The third kappa shape index (κ3) is 5.75. The molecule has 1 saturated heterocycles. The molecule has 2 aromatic rings. The Hall–Kier alpha value is -3.02. The lowest BCUT2D eigenvalue weighted by molar-refractivity contribution is -0.122. The largest absolute Gasteiger partial charge is 0.494 e. The first-order valence-electron chi connectivity index (χ1n) is 10.8. The lowest BCUT2D eigenvalue weighted by Crippen LogP contribution is -2.38. The van der Waals surface area contributed by atoms with Crippen molar-refractivity contribution in [1.82, 2.24) is 0 Å². The minimum Gasteiger partial charge on any atom is -0.494 e.